The van der Waals surface area contributed by atoms with Crippen molar-refractivity contribution in [3.8, 4) is 0 Å². The van der Waals surface area contributed by atoms with Crippen molar-refractivity contribution in [1.82, 2.24) is 20.4 Å². The molecule has 1 amide bonds. The number of aromatic nitrogens is 2. The Kier molecular flexibility index (Phi) is 4.76. The quantitative estimate of drug-likeness (QED) is 0.909. The lowest BCUT2D eigenvalue weighted by Gasteiger charge is -2.36. The van der Waals surface area contributed by atoms with Crippen molar-refractivity contribution in [3.63, 3.8) is 0 Å². The number of aromatic amines is 1. The lowest BCUT2D eigenvalue weighted by molar-refractivity contribution is -0.134. The van der Waals surface area contributed by atoms with Crippen LogP contribution in [0, 0.1) is 13.8 Å². The number of carbonyl (C=O) groups excluding carboxylic acids is 1. The van der Waals surface area contributed by atoms with Gasteiger partial charge in [-0.25, -0.2) is 0 Å². The molecule has 5 nitrogen and oxygen atoms in total. The van der Waals surface area contributed by atoms with Gasteiger partial charge in [0.25, 0.3) is 0 Å². The highest BCUT2D eigenvalue weighted by molar-refractivity contribution is 5.77. The van der Waals surface area contributed by atoms with Crippen LogP contribution in [0.25, 0.3) is 0 Å². The van der Waals surface area contributed by atoms with Gasteiger partial charge in [0.05, 0.1) is 11.7 Å². The smallest absolute Gasteiger partial charge is 0.223 e. The average Bonchev–Trinajstić information content (AvgIpc) is 2.92. The number of benzene rings is 1. The maximum Gasteiger partial charge on any atom is 0.223 e. The minimum absolute atomic E-state index is 0.129. The Morgan fingerprint density at radius 1 is 1.30 bits per heavy atom. The molecule has 0 saturated carbocycles. The highest BCUT2D eigenvalue weighted by Gasteiger charge is 2.27. The van der Waals surface area contributed by atoms with E-state index in [2.05, 4.69) is 27.6 Å². The van der Waals surface area contributed by atoms with Crippen LogP contribution in [0.3, 0.4) is 0 Å². The van der Waals surface area contributed by atoms with Gasteiger partial charge in [-0.15, -0.1) is 0 Å². The molecule has 1 aliphatic rings. The normalized spacial score (nSPS) is 18.2. The van der Waals surface area contributed by atoms with Gasteiger partial charge in [0.1, 0.15) is 0 Å². The number of nitrogens with one attached hydrogen (secondary N) is 2. The van der Waals surface area contributed by atoms with Gasteiger partial charge in [-0.3, -0.25) is 9.89 Å². The second-order valence-electron chi connectivity index (χ2n) is 6.13. The van der Waals surface area contributed by atoms with E-state index in [4.69, 9.17) is 0 Å². The third-order valence-corrected chi connectivity index (χ3v) is 4.62. The summed E-state index contributed by atoms with van der Waals surface area (Å²) in [6, 6.07) is 10.4. The van der Waals surface area contributed by atoms with Crippen molar-refractivity contribution in [1.29, 1.82) is 0 Å². The lowest BCUT2D eigenvalue weighted by Crippen LogP contribution is -2.48. The van der Waals surface area contributed by atoms with Crippen LogP contribution in [0.4, 0.5) is 0 Å². The van der Waals surface area contributed by atoms with E-state index in [1.54, 1.807) is 0 Å². The van der Waals surface area contributed by atoms with Crippen molar-refractivity contribution in [2.75, 3.05) is 19.6 Å². The van der Waals surface area contributed by atoms with Crippen molar-refractivity contribution in [3.05, 3.63) is 52.8 Å². The first kappa shape index (κ1) is 15.7. The molecule has 0 unspecified atom stereocenters. The van der Waals surface area contributed by atoms with E-state index in [0.717, 1.165) is 37.4 Å². The summed E-state index contributed by atoms with van der Waals surface area (Å²) in [6.45, 7) is 6.44. The number of hydrogen-bond acceptors (Lipinski definition) is 3. The van der Waals surface area contributed by atoms with Crippen LogP contribution in [0.15, 0.2) is 30.3 Å². The Labute approximate surface area is 137 Å². The van der Waals surface area contributed by atoms with E-state index >= 15 is 0 Å². The molecule has 1 saturated heterocycles. The first-order chi connectivity index (χ1) is 11.2. The van der Waals surface area contributed by atoms with E-state index in [9.17, 15) is 4.79 Å². The van der Waals surface area contributed by atoms with Gasteiger partial charge in [-0.2, -0.15) is 5.10 Å². The van der Waals surface area contributed by atoms with Gasteiger partial charge < -0.3 is 10.2 Å². The van der Waals surface area contributed by atoms with Crippen molar-refractivity contribution in [2.45, 2.75) is 32.7 Å². The standard InChI is InChI=1S/C18H24N4O/c1-13-16(14(2)21-20-13)8-9-18(23)22-11-10-19-12-17(22)15-6-4-3-5-7-15/h3-7,17,19H,8-12H2,1-2H3,(H,20,21)/t17-/m1/s1. The number of amides is 1. The van der Waals surface area contributed by atoms with Crippen LogP contribution in [0.2, 0.25) is 0 Å². The molecule has 0 aliphatic carbocycles. The molecule has 0 spiro atoms. The fourth-order valence-corrected chi connectivity index (χ4v) is 3.29. The number of rotatable bonds is 4. The molecule has 1 aromatic heterocycles. The van der Waals surface area contributed by atoms with E-state index in [0.29, 0.717) is 6.42 Å². The fourth-order valence-electron chi connectivity index (χ4n) is 3.29. The molecule has 2 aromatic rings. The summed E-state index contributed by atoms with van der Waals surface area (Å²) in [6.07, 6.45) is 1.28. The lowest BCUT2D eigenvalue weighted by atomic mass is 10.0. The van der Waals surface area contributed by atoms with Gasteiger partial charge in [0, 0.05) is 31.7 Å². The van der Waals surface area contributed by atoms with Crippen LogP contribution in [0.5, 0.6) is 0 Å². The monoisotopic (exact) mass is 312 g/mol. The predicted molar refractivity (Wildman–Crippen MR) is 90.1 cm³/mol. The Morgan fingerprint density at radius 3 is 2.78 bits per heavy atom. The van der Waals surface area contributed by atoms with Gasteiger partial charge in [0.15, 0.2) is 0 Å². The van der Waals surface area contributed by atoms with E-state index in [1.165, 1.54) is 11.1 Å². The molecule has 122 valence electrons. The zero-order valence-electron chi connectivity index (χ0n) is 13.8. The highest BCUT2D eigenvalue weighted by atomic mass is 16.2. The van der Waals surface area contributed by atoms with Crippen LogP contribution >= 0.6 is 0 Å². The molecule has 5 heteroatoms. The van der Waals surface area contributed by atoms with Gasteiger partial charge in [0.2, 0.25) is 5.91 Å². The SMILES string of the molecule is Cc1n[nH]c(C)c1CCC(=O)N1CCNC[C@@H]1c1ccccc1. The fraction of sp³-hybridized carbons (Fsp3) is 0.444. The first-order valence-electron chi connectivity index (χ1n) is 8.22. The van der Waals surface area contributed by atoms with Gasteiger partial charge in [-0.1, -0.05) is 30.3 Å². The van der Waals surface area contributed by atoms with Crippen molar-refractivity contribution in [2.24, 2.45) is 0 Å². The topological polar surface area (TPSA) is 61.0 Å². The molecule has 3 rings (SSSR count). The minimum Gasteiger partial charge on any atom is -0.333 e. The maximum atomic E-state index is 12.8. The molecule has 2 N–H and O–H groups in total. The third kappa shape index (κ3) is 3.45. The number of piperazine rings is 1. The Bertz CT molecular complexity index is 645. The molecule has 1 aliphatic heterocycles. The summed E-state index contributed by atoms with van der Waals surface area (Å²) in [5, 5.41) is 10.6. The molecular formula is C18H24N4O. The number of nitrogens with zero attached hydrogens (tertiary/aromatic N) is 2. The Hall–Kier alpha value is -2.14. The third-order valence-electron chi connectivity index (χ3n) is 4.62. The zero-order valence-corrected chi connectivity index (χ0v) is 13.8. The molecular weight excluding hydrogens is 288 g/mol. The Morgan fingerprint density at radius 2 is 2.09 bits per heavy atom. The number of H-pyrrole nitrogens is 1. The molecule has 23 heavy (non-hydrogen) atoms. The molecule has 1 atom stereocenters. The number of aryl methyl sites for hydroxylation is 2. The number of carbonyl (C=O) groups is 1. The van der Waals surface area contributed by atoms with E-state index in [1.807, 2.05) is 36.9 Å². The van der Waals surface area contributed by atoms with Crippen LogP contribution in [-0.4, -0.2) is 40.6 Å². The Balaban J connectivity index is 1.69. The molecule has 1 aromatic carbocycles. The maximum absolute atomic E-state index is 12.8. The van der Waals surface area contributed by atoms with Crippen LogP contribution in [0.1, 0.15) is 35.0 Å². The van der Waals surface area contributed by atoms with Crippen LogP contribution in [-0.2, 0) is 11.2 Å². The summed E-state index contributed by atoms with van der Waals surface area (Å²) < 4.78 is 0. The highest BCUT2D eigenvalue weighted by Crippen LogP contribution is 2.23. The predicted octanol–water partition coefficient (Wildman–Crippen LogP) is 2.13. The van der Waals surface area contributed by atoms with Crippen molar-refractivity contribution < 1.29 is 4.79 Å². The van der Waals surface area contributed by atoms with E-state index < -0.39 is 0 Å². The van der Waals surface area contributed by atoms with Crippen LogP contribution < -0.4 is 5.32 Å². The zero-order chi connectivity index (χ0) is 16.2. The van der Waals surface area contributed by atoms with Crippen molar-refractivity contribution >= 4 is 5.91 Å². The largest absolute Gasteiger partial charge is 0.333 e. The second kappa shape index (κ2) is 6.96. The summed E-state index contributed by atoms with van der Waals surface area (Å²) in [4.78, 5) is 14.8. The average molecular weight is 312 g/mol. The minimum atomic E-state index is 0.129. The summed E-state index contributed by atoms with van der Waals surface area (Å²) >= 11 is 0. The molecule has 1 fully saturated rings. The molecule has 0 radical (unpaired) electrons. The van der Waals surface area contributed by atoms with Gasteiger partial charge in [-0.05, 0) is 31.4 Å². The van der Waals surface area contributed by atoms with Gasteiger partial charge >= 0.3 is 0 Å². The summed E-state index contributed by atoms with van der Waals surface area (Å²) in [7, 11) is 0. The number of hydrogen-bond donors (Lipinski definition) is 2. The summed E-state index contributed by atoms with van der Waals surface area (Å²) in [5.41, 5.74) is 4.43. The molecule has 0 bridgehead atoms. The second-order valence-corrected chi connectivity index (χ2v) is 6.13. The first-order valence-corrected chi connectivity index (χ1v) is 8.22. The van der Waals surface area contributed by atoms with E-state index in [-0.39, 0.29) is 11.9 Å². The summed E-state index contributed by atoms with van der Waals surface area (Å²) in [5.74, 6) is 0.223. The molecule has 2 heterocycles.